The maximum Gasteiger partial charge on any atom is 0.293 e. The van der Waals surface area contributed by atoms with Gasteiger partial charge in [0.15, 0.2) is 11.5 Å². The molecule has 5 nitrogen and oxygen atoms in total. The molecule has 0 spiro atoms. The van der Waals surface area contributed by atoms with Crippen molar-refractivity contribution in [1.29, 1.82) is 0 Å². The predicted octanol–water partition coefficient (Wildman–Crippen LogP) is 6.26. The minimum absolute atomic E-state index is 0.0191. The molecule has 0 aliphatic carbocycles. The average Bonchev–Trinajstić information content (AvgIpc) is 3.03. The fourth-order valence-corrected chi connectivity index (χ4v) is 4.46. The first-order chi connectivity index (χ1) is 15.5. The molecule has 0 saturated carbocycles. The molecule has 4 rings (SSSR count). The number of benzene rings is 3. The molecule has 2 amide bonds. The fourth-order valence-electron chi connectivity index (χ4n) is 3.62. The zero-order valence-electron chi connectivity index (χ0n) is 18.3. The number of hydrogen-bond donors (Lipinski definition) is 0. The monoisotopic (exact) mass is 447 g/mol. The second-order valence-corrected chi connectivity index (χ2v) is 8.71. The Bertz CT molecular complexity index is 1200. The number of carbonyl (C=O) groups is 2. The van der Waals surface area contributed by atoms with Crippen molar-refractivity contribution >= 4 is 39.8 Å². The van der Waals surface area contributed by atoms with E-state index in [9.17, 15) is 9.59 Å². The molecule has 0 atom stereocenters. The Morgan fingerprint density at radius 3 is 2.56 bits per heavy atom. The highest BCUT2D eigenvalue weighted by atomic mass is 32.2. The van der Waals surface area contributed by atoms with E-state index in [2.05, 4.69) is 0 Å². The number of ether oxygens (including phenoxy) is 2. The molecule has 3 aromatic rings. The van der Waals surface area contributed by atoms with Crippen LogP contribution in [0.2, 0.25) is 0 Å². The average molecular weight is 448 g/mol. The molecule has 3 aromatic carbocycles. The second-order valence-electron chi connectivity index (χ2n) is 7.71. The van der Waals surface area contributed by atoms with E-state index in [1.165, 1.54) is 4.90 Å². The molecule has 0 radical (unpaired) electrons. The summed E-state index contributed by atoms with van der Waals surface area (Å²) in [5, 5.41) is 1.86. The van der Waals surface area contributed by atoms with Crippen LogP contribution in [0.4, 0.5) is 4.79 Å². The summed E-state index contributed by atoms with van der Waals surface area (Å²) in [5.74, 6) is 0.987. The predicted molar refractivity (Wildman–Crippen MR) is 129 cm³/mol. The zero-order chi connectivity index (χ0) is 22.7. The highest BCUT2D eigenvalue weighted by Crippen LogP contribution is 2.36. The maximum atomic E-state index is 13.0. The normalized spacial score (nSPS) is 15.2. The van der Waals surface area contributed by atoms with Gasteiger partial charge in [0.1, 0.15) is 0 Å². The van der Waals surface area contributed by atoms with E-state index in [1.54, 1.807) is 6.08 Å². The Balaban J connectivity index is 1.59. The molecule has 32 heavy (non-hydrogen) atoms. The van der Waals surface area contributed by atoms with Gasteiger partial charge in [0.2, 0.25) is 0 Å². The van der Waals surface area contributed by atoms with Crippen LogP contribution in [0, 0.1) is 0 Å². The molecule has 0 aromatic heterocycles. The topological polar surface area (TPSA) is 55.8 Å². The van der Waals surface area contributed by atoms with Crippen molar-refractivity contribution in [3.05, 3.63) is 76.7 Å². The largest absolute Gasteiger partial charge is 0.490 e. The quantitative estimate of drug-likeness (QED) is 0.400. The number of thioether (sulfide) groups is 1. The van der Waals surface area contributed by atoms with Crippen molar-refractivity contribution in [2.24, 2.45) is 0 Å². The van der Waals surface area contributed by atoms with E-state index >= 15 is 0 Å². The molecule has 1 saturated heterocycles. The number of hydrogen-bond acceptors (Lipinski definition) is 5. The fraction of sp³-hybridized carbons (Fsp3) is 0.231. The van der Waals surface area contributed by atoms with Crippen LogP contribution in [-0.2, 0) is 11.3 Å². The van der Waals surface area contributed by atoms with Crippen molar-refractivity contribution < 1.29 is 19.1 Å². The van der Waals surface area contributed by atoms with E-state index in [1.807, 2.05) is 81.4 Å². The molecule has 0 unspecified atom stereocenters. The van der Waals surface area contributed by atoms with Crippen molar-refractivity contribution in [3.63, 3.8) is 0 Å². The second kappa shape index (κ2) is 9.49. The smallest absolute Gasteiger partial charge is 0.293 e. The van der Waals surface area contributed by atoms with Gasteiger partial charge in [0.25, 0.3) is 11.1 Å². The van der Waals surface area contributed by atoms with Crippen LogP contribution in [0.25, 0.3) is 16.8 Å². The van der Waals surface area contributed by atoms with Crippen molar-refractivity contribution in [1.82, 2.24) is 4.90 Å². The highest BCUT2D eigenvalue weighted by Gasteiger charge is 2.35. The van der Waals surface area contributed by atoms with Gasteiger partial charge < -0.3 is 9.47 Å². The Labute approximate surface area is 192 Å². The van der Waals surface area contributed by atoms with Gasteiger partial charge in [-0.15, -0.1) is 0 Å². The first-order valence-electron chi connectivity index (χ1n) is 10.6. The van der Waals surface area contributed by atoms with Crippen LogP contribution in [0.15, 0.2) is 65.6 Å². The van der Waals surface area contributed by atoms with Crippen LogP contribution in [0.3, 0.4) is 0 Å². The van der Waals surface area contributed by atoms with Crippen LogP contribution < -0.4 is 9.47 Å². The molecule has 0 N–H and O–H groups in total. The summed E-state index contributed by atoms with van der Waals surface area (Å²) in [6, 6.07) is 19.4. The molecule has 1 heterocycles. The summed E-state index contributed by atoms with van der Waals surface area (Å²) in [7, 11) is 0. The standard InChI is InChI=1S/C26H25NO4S/c1-4-30-23-14-18(12-13-22(23)31-17(2)3)15-24-25(28)27(26(29)32-24)16-20-10-7-9-19-8-5-6-11-21(19)20/h5-15,17H,4,16H2,1-3H3/b24-15-. The highest BCUT2D eigenvalue weighted by molar-refractivity contribution is 8.18. The summed E-state index contributed by atoms with van der Waals surface area (Å²) in [6.45, 7) is 6.56. The Morgan fingerprint density at radius 1 is 1.00 bits per heavy atom. The number of nitrogens with zero attached hydrogens (tertiary/aromatic N) is 1. The molecule has 1 aliphatic heterocycles. The first kappa shape index (κ1) is 22.0. The van der Waals surface area contributed by atoms with Gasteiger partial charge >= 0.3 is 0 Å². The SMILES string of the molecule is CCOc1cc(/C=C2\SC(=O)N(Cc3cccc4ccccc34)C2=O)ccc1OC(C)C. The third kappa shape index (κ3) is 4.65. The van der Waals surface area contributed by atoms with Gasteiger partial charge in [0.05, 0.1) is 24.2 Å². The lowest BCUT2D eigenvalue weighted by Gasteiger charge is -2.15. The summed E-state index contributed by atoms with van der Waals surface area (Å²) in [4.78, 5) is 27.4. The third-order valence-electron chi connectivity index (χ3n) is 5.01. The minimum Gasteiger partial charge on any atom is -0.490 e. The third-order valence-corrected chi connectivity index (χ3v) is 5.92. The van der Waals surface area contributed by atoms with Gasteiger partial charge in [-0.2, -0.15) is 0 Å². The first-order valence-corrected chi connectivity index (χ1v) is 11.4. The summed E-state index contributed by atoms with van der Waals surface area (Å²) < 4.78 is 11.5. The molecule has 0 bridgehead atoms. The van der Waals surface area contributed by atoms with E-state index in [-0.39, 0.29) is 23.8 Å². The van der Waals surface area contributed by atoms with Gasteiger partial charge in [-0.3, -0.25) is 14.5 Å². The zero-order valence-corrected chi connectivity index (χ0v) is 19.1. The maximum absolute atomic E-state index is 13.0. The van der Waals surface area contributed by atoms with Gasteiger partial charge in [0, 0.05) is 0 Å². The molecular formula is C26H25NO4S. The lowest BCUT2D eigenvalue weighted by molar-refractivity contribution is -0.123. The van der Waals surface area contributed by atoms with Crippen molar-refractivity contribution in [2.45, 2.75) is 33.4 Å². The van der Waals surface area contributed by atoms with E-state index in [0.717, 1.165) is 33.7 Å². The Kier molecular flexibility index (Phi) is 6.51. The Hall–Kier alpha value is -3.25. The number of carbonyl (C=O) groups excluding carboxylic acids is 2. The van der Waals surface area contributed by atoms with E-state index in [0.29, 0.717) is 23.0 Å². The van der Waals surface area contributed by atoms with Crippen molar-refractivity contribution in [2.75, 3.05) is 6.61 Å². The van der Waals surface area contributed by atoms with Crippen LogP contribution in [0.1, 0.15) is 31.9 Å². The van der Waals surface area contributed by atoms with Crippen LogP contribution in [-0.4, -0.2) is 28.8 Å². The lowest BCUT2D eigenvalue weighted by atomic mass is 10.0. The lowest BCUT2D eigenvalue weighted by Crippen LogP contribution is -2.27. The van der Waals surface area contributed by atoms with Gasteiger partial charge in [-0.25, -0.2) is 0 Å². The van der Waals surface area contributed by atoms with Crippen molar-refractivity contribution in [3.8, 4) is 11.5 Å². The molecule has 6 heteroatoms. The number of amides is 2. The summed E-state index contributed by atoms with van der Waals surface area (Å²) in [5.41, 5.74) is 1.72. The van der Waals surface area contributed by atoms with Crippen LogP contribution >= 0.6 is 11.8 Å². The molecule has 1 aliphatic rings. The van der Waals surface area contributed by atoms with Gasteiger partial charge in [-0.1, -0.05) is 48.5 Å². The summed E-state index contributed by atoms with van der Waals surface area (Å²) in [6.07, 6.45) is 1.75. The minimum atomic E-state index is -0.284. The molecule has 1 fully saturated rings. The van der Waals surface area contributed by atoms with Gasteiger partial charge in [-0.05, 0) is 72.6 Å². The number of imide groups is 1. The number of fused-ring (bicyclic) bond motifs is 1. The van der Waals surface area contributed by atoms with E-state index < -0.39 is 0 Å². The Morgan fingerprint density at radius 2 is 1.78 bits per heavy atom. The number of rotatable bonds is 7. The molecule has 164 valence electrons. The molecular weight excluding hydrogens is 422 g/mol. The van der Waals surface area contributed by atoms with E-state index in [4.69, 9.17) is 9.47 Å². The summed E-state index contributed by atoms with van der Waals surface area (Å²) >= 11 is 0.962. The van der Waals surface area contributed by atoms with Crippen LogP contribution in [0.5, 0.6) is 11.5 Å².